The third-order valence-electron chi connectivity index (χ3n) is 3.91. The number of nitrogens with zero attached hydrogens (tertiary/aromatic N) is 2. The van der Waals surface area contributed by atoms with E-state index >= 15 is 0 Å². The van der Waals surface area contributed by atoms with Gasteiger partial charge in [-0.05, 0) is 36.1 Å². The molecule has 126 valence electrons. The Balaban J connectivity index is 1.64. The van der Waals surface area contributed by atoms with E-state index in [1.54, 1.807) is 12.1 Å². The lowest BCUT2D eigenvalue weighted by atomic mass is 10.0. The molecule has 0 aliphatic rings. The van der Waals surface area contributed by atoms with Gasteiger partial charge in [-0.3, -0.25) is 4.79 Å². The van der Waals surface area contributed by atoms with Gasteiger partial charge in [0.2, 0.25) is 0 Å². The number of carbonyl (C=O) groups is 1. The topological polar surface area (TPSA) is 107 Å². The minimum absolute atomic E-state index is 0.139. The van der Waals surface area contributed by atoms with Crippen LogP contribution >= 0.6 is 0 Å². The quantitative estimate of drug-likeness (QED) is 0.665. The zero-order valence-corrected chi connectivity index (χ0v) is 13.6. The summed E-state index contributed by atoms with van der Waals surface area (Å²) in [5, 5.41) is 2.66. The fraction of sp³-hybridized carbons (Fsp3) is 0.105. The van der Waals surface area contributed by atoms with E-state index < -0.39 is 0 Å². The van der Waals surface area contributed by atoms with Crippen molar-refractivity contribution in [2.24, 2.45) is 0 Å². The van der Waals surface area contributed by atoms with E-state index in [4.69, 9.17) is 11.5 Å². The first-order valence-corrected chi connectivity index (χ1v) is 7.93. The lowest BCUT2D eigenvalue weighted by molar-refractivity contribution is 0.102. The van der Waals surface area contributed by atoms with Gasteiger partial charge in [0.15, 0.2) is 11.6 Å². The Hall–Kier alpha value is -3.41. The van der Waals surface area contributed by atoms with Crippen molar-refractivity contribution >= 4 is 23.2 Å². The second-order valence-electron chi connectivity index (χ2n) is 5.66. The van der Waals surface area contributed by atoms with Crippen LogP contribution in [0.1, 0.15) is 21.5 Å². The van der Waals surface area contributed by atoms with Crippen molar-refractivity contribution in [3.8, 4) is 0 Å². The molecule has 0 atom stereocenters. The summed E-state index contributed by atoms with van der Waals surface area (Å²) in [5.41, 5.74) is 14.7. The first-order chi connectivity index (χ1) is 12.1. The number of nitrogen functional groups attached to an aromatic ring is 2. The van der Waals surface area contributed by atoms with Crippen molar-refractivity contribution in [1.29, 1.82) is 0 Å². The monoisotopic (exact) mass is 333 g/mol. The van der Waals surface area contributed by atoms with Gasteiger partial charge in [-0.25, -0.2) is 9.97 Å². The molecule has 0 saturated heterocycles. The molecular weight excluding hydrogens is 314 g/mol. The fourth-order valence-corrected chi connectivity index (χ4v) is 2.48. The first-order valence-electron chi connectivity index (χ1n) is 7.93. The van der Waals surface area contributed by atoms with Crippen LogP contribution in [-0.4, -0.2) is 15.9 Å². The minimum Gasteiger partial charge on any atom is -0.382 e. The van der Waals surface area contributed by atoms with Gasteiger partial charge in [0.1, 0.15) is 12.0 Å². The molecule has 1 heterocycles. The molecule has 1 amide bonds. The number of aryl methyl sites for hydroxylation is 2. The second-order valence-corrected chi connectivity index (χ2v) is 5.66. The average Bonchev–Trinajstić information content (AvgIpc) is 2.64. The molecule has 0 radical (unpaired) electrons. The summed E-state index contributed by atoms with van der Waals surface area (Å²) < 4.78 is 0. The van der Waals surface area contributed by atoms with E-state index in [0.717, 1.165) is 12.8 Å². The summed E-state index contributed by atoms with van der Waals surface area (Å²) in [5.74, 6) is -0.0246. The summed E-state index contributed by atoms with van der Waals surface area (Å²) in [6.07, 6.45) is 3.13. The molecule has 5 N–H and O–H groups in total. The number of hydrogen-bond donors (Lipinski definition) is 3. The second kappa shape index (κ2) is 7.44. The Morgan fingerprint density at radius 2 is 1.40 bits per heavy atom. The SMILES string of the molecule is Nc1ncnc(N)c1NC(=O)c1ccc(CCc2ccccc2)cc1. The van der Waals surface area contributed by atoms with Crippen LogP contribution in [-0.2, 0) is 12.8 Å². The zero-order chi connectivity index (χ0) is 17.6. The van der Waals surface area contributed by atoms with E-state index in [9.17, 15) is 4.79 Å². The molecule has 0 unspecified atom stereocenters. The number of aromatic nitrogens is 2. The molecule has 6 nitrogen and oxygen atoms in total. The summed E-state index contributed by atoms with van der Waals surface area (Å²) in [4.78, 5) is 20.0. The molecule has 0 saturated carbocycles. The van der Waals surface area contributed by atoms with Crippen molar-refractivity contribution in [3.63, 3.8) is 0 Å². The van der Waals surface area contributed by atoms with Crippen LogP contribution in [0.4, 0.5) is 17.3 Å². The number of amides is 1. The highest BCUT2D eigenvalue weighted by molar-refractivity contribution is 6.06. The highest BCUT2D eigenvalue weighted by Crippen LogP contribution is 2.21. The maximum Gasteiger partial charge on any atom is 0.255 e. The number of nitrogens with one attached hydrogen (secondary N) is 1. The fourth-order valence-electron chi connectivity index (χ4n) is 2.48. The van der Waals surface area contributed by atoms with Gasteiger partial charge in [0.05, 0.1) is 0 Å². The molecule has 1 aromatic heterocycles. The maximum atomic E-state index is 12.3. The third-order valence-corrected chi connectivity index (χ3v) is 3.91. The van der Waals surface area contributed by atoms with Crippen LogP contribution in [0.25, 0.3) is 0 Å². The Morgan fingerprint density at radius 3 is 2.00 bits per heavy atom. The highest BCUT2D eigenvalue weighted by atomic mass is 16.1. The number of carbonyl (C=O) groups excluding carboxylic acids is 1. The molecule has 25 heavy (non-hydrogen) atoms. The number of benzene rings is 2. The van der Waals surface area contributed by atoms with Gasteiger partial charge in [-0.2, -0.15) is 0 Å². The van der Waals surface area contributed by atoms with Crippen molar-refractivity contribution < 1.29 is 4.79 Å². The Kier molecular flexibility index (Phi) is 4.89. The average molecular weight is 333 g/mol. The molecule has 0 fully saturated rings. The molecule has 0 aliphatic carbocycles. The van der Waals surface area contributed by atoms with Crippen LogP contribution in [0.2, 0.25) is 0 Å². The van der Waals surface area contributed by atoms with Gasteiger partial charge in [0.25, 0.3) is 5.91 Å². The van der Waals surface area contributed by atoms with Gasteiger partial charge in [-0.1, -0.05) is 42.5 Å². The first kappa shape index (κ1) is 16.4. The summed E-state index contributed by atoms with van der Waals surface area (Å²) in [6.45, 7) is 0. The molecule has 3 rings (SSSR count). The van der Waals surface area contributed by atoms with Crippen molar-refractivity contribution in [1.82, 2.24) is 9.97 Å². The van der Waals surface area contributed by atoms with E-state index in [1.807, 2.05) is 30.3 Å². The smallest absolute Gasteiger partial charge is 0.255 e. The lowest BCUT2D eigenvalue weighted by Gasteiger charge is -2.09. The Morgan fingerprint density at radius 1 is 0.840 bits per heavy atom. The largest absolute Gasteiger partial charge is 0.382 e. The predicted octanol–water partition coefficient (Wildman–Crippen LogP) is 2.68. The number of anilines is 3. The van der Waals surface area contributed by atoms with Gasteiger partial charge in [-0.15, -0.1) is 0 Å². The van der Waals surface area contributed by atoms with Gasteiger partial charge < -0.3 is 16.8 Å². The molecule has 0 bridgehead atoms. The van der Waals surface area contributed by atoms with Crippen molar-refractivity contribution in [3.05, 3.63) is 77.6 Å². The molecule has 2 aromatic carbocycles. The van der Waals surface area contributed by atoms with Crippen LogP contribution in [0, 0.1) is 0 Å². The van der Waals surface area contributed by atoms with E-state index in [-0.39, 0.29) is 23.2 Å². The minimum atomic E-state index is -0.303. The Labute approximate surface area is 145 Å². The van der Waals surface area contributed by atoms with Crippen molar-refractivity contribution in [2.75, 3.05) is 16.8 Å². The zero-order valence-electron chi connectivity index (χ0n) is 13.6. The molecule has 0 spiro atoms. The van der Waals surface area contributed by atoms with Crippen molar-refractivity contribution in [2.45, 2.75) is 12.8 Å². The maximum absolute atomic E-state index is 12.3. The summed E-state index contributed by atoms with van der Waals surface area (Å²) >= 11 is 0. The van der Waals surface area contributed by atoms with Crippen LogP contribution in [0.3, 0.4) is 0 Å². The lowest BCUT2D eigenvalue weighted by Crippen LogP contribution is -2.16. The number of nitrogens with two attached hydrogens (primary N) is 2. The van der Waals surface area contributed by atoms with Gasteiger partial charge >= 0.3 is 0 Å². The Bertz CT molecular complexity index is 842. The summed E-state index contributed by atoms with van der Waals surface area (Å²) in [6, 6.07) is 17.8. The molecule has 6 heteroatoms. The summed E-state index contributed by atoms with van der Waals surface area (Å²) in [7, 11) is 0. The predicted molar refractivity (Wildman–Crippen MR) is 99.1 cm³/mol. The highest BCUT2D eigenvalue weighted by Gasteiger charge is 2.12. The van der Waals surface area contributed by atoms with E-state index in [0.29, 0.717) is 5.56 Å². The normalized spacial score (nSPS) is 10.4. The van der Waals surface area contributed by atoms with Gasteiger partial charge in [0, 0.05) is 5.56 Å². The standard InChI is InChI=1S/C19H19N5O/c20-17-16(18(21)23-12-22-17)24-19(25)15-10-8-14(9-11-15)7-6-13-4-2-1-3-5-13/h1-5,8-12H,6-7H2,(H,24,25)(H4,20,21,22,23). The third kappa shape index (κ3) is 4.11. The number of hydrogen-bond acceptors (Lipinski definition) is 5. The van der Waals surface area contributed by atoms with Crippen LogP contribution < -0.4 is 16.8 Å². The molecular formula is C19H19N5O. The van der Waals surface area contributed by atoms with Crippen LogP contribution in [0.15, 0.2) is 60.9 Å². The van der Waals surface area contributed by atoms with E-state index in [2.05, 4.69) is 27.4 Å². The van der Waals surface area contributed by atoms with E-state index in [1.165, 1.54) is 17.5 Å². The molecule has 0 aliphatic heterocycles. The number of rotatable bonds is 5. The van der Waals surface area contributed by atoms with Crippen LogP contribution in [0.5, 0.6) is 0 Å². The molecule has 3 aromatic rings.